The number of aliphatic hydroxyl groups is 1. The lowest BCUT2D eigenvalue weighted by molar-refractivity contribution is 0.281. The second-order valence-corrected chi connectivity index (χ2v) is 7.53. The summed E-state index contributed by atoms with van der Waals surface area (Å²) in [6, 6.07) is 11.0. The minimum absolute atomic E-state index is 0.128. The molecule has 0 fully saturated rings. The Balaban J connectivity index is 1.78. The van der Waals surface area contributed by atoms with Gasteiger partial charge in [0, 0.05) is 36.8 Å². The lowest BCUT2D eigenvalue weighted by Gasteiger charge is -2.15. The Bertz CT molecular complexity index is 1530. The Morgan fingerprint density at radius 3 is 2.54 bits per heavy atom. The quantitative estimate of drug-likeness (QED) is 0.304. The Morgan fingerprint density at radius 1 is 1.11 bits per heavy atom. The first-order valence-corrected chi connectivity index (χ1v) is 10.9. The van der Waals surface area contributed by atoms with Gasteiger partial charge in [-0.15, -0.1) is 10.2 Å². The number of azo groups is 1. The molecule has 0 aliphatic rings. The van der Waals surface area contributed by atoms with Crippen LogP contribution < -0.4 is 15.4 Å². The standard InChI is InChI=1S/C24H21N11O2/c1-14-19(11-26)21(31-17-7-15(13-36)8-18(9-17)37-3)32-22(27-2)20(14)33-34-23-16(10-25)12-30-35(23)24-28-5-4-6-29-24/h4-9,12,36H,13H2,1-3H3,(H2,27,31,32)/b34-33+. The second kappa shape index (κ2) is 10.9. The lowest BCUT2D eigenvalue weighted by atomic mass is 10.1. The summed E-state index contributed by atoms with van der Waals surface area (Å²) in [5.74, 6) is 1.51. The summed E-state index contributed by atoms with van der Waals surface area (Å²) in [7, 11) is 3.19. The molecule has 1 aromatic carbocycles. The first kappa shape index (κ1) is 24.7. The highest BCUT2D eigenvalue weighted by atomic mass is 16.5. The number of pyridine rings is 1. The molecule has 0 bridgehead atoms. The van der Waals surface area contributed by atoms with E-state index in [0.29, 0.717) is 34.1 Å². The average molecular weight is 496 g/mol. The summed E-state index contributed by atoms with van der Waals surface area (Å²) >= 11 is 0. The van der Waals surface area contributed by atoms with E-state index in [-0.39, 0.29) is 35.3 Å². The van der Waals surface area contributed by atoms with Crippen LogP contribution in [0.25, 0.3) is 5.95 Å². The van der Waals surface area contributed by atoms with Crippen molar-refractivity contribution in [2.24, 2.45) is 10.2 Å². The zero-order chi connectivity index (χ0) is 26.4. The molecule has 3 N–H and O–H groups in total. The molecule has 3 heterocycles. The Labute approximate surface area is 211 Å². The van der Waals surface area contributed by atoms with Crippen molar-refractivity contribution in [1.29, 1.82) is 10.5 Å². The van der Waals surface area contributed by atoms with E-state index in [2.05, 4.69) is 47.0 Å². The fraction of sp³-hybridized carbons (Fsp3) is 0.167. The van der Waals surface area contributed by atoms with Gasteiger partial charge in [-0.3, -0.25) is 0 Å². The third-order valence-electron chi connectivity index (χ3n) is 5.26. The Hall–Kier alpha value is -5.40. The van der Waals surface area contributed by atoms with Gasteiger partial charge in [-0.2, -0.15) is 20.3 Å². The number of aromatic nitrogens is 5. The van der Waals surface area contributed by atoms with Gasteiger partial charge < -0.3 is 20.5 Å². The van der Waals surface area contributed by atoms with Crippen LogP contribution in [0.15, 0.2) is 53.1 Å². The largest absolute Gasteiger partial charge is 0.497 e. The summed E-state index contributed by atoms with van der Waals surface area (Å²) < 4.78 is 6.59. The molecule has 0 amide bonds. The number of anilines is 3. The van der Waals surface area contributed by atoms with Crippen molar-refractivity contribution in [2.45, 2.75) is 13.5 Å². The molecule has 13 heteroatoms. The summed E-state index contributed by atoms with van der Waals surface area (Å²) in [5, 5.41) is 47.8. The molecule has 184 valence electrons. The maximum Gasteiger partial charge on any atom is 0.252 e. The molecule has 0 aliphatic carbocycles. The van der Waals surface area contributed by atoms with Crippen LogP contribution in [0.2, 0.25) is 0 Å². The highest BCUT2D eigenvalue weighted by Crippen LogP contribution is 2.36. The van der Waals surface area contributed by atoms with E-state index >= 15 is 0 Å². The topological polar surface area (TPSA) is 182 Å². The summed E-state index contributed by atoms with van der Waals surface area (Å²) in [6.07, 6.45) is 4.43. The minimum atomic E-state index is -0.181. The molecule has 0 aliphatic heterocycles. The smallest absolute Gasteiger partial charge is 0.252 e. The summed E-state index contributed by atoms with van der Waals surface area (Å²) in [6.45, 7) is 1.54. The maximum atomic E-state index is 9.93. The van der Waals surface area contributed by atoms with Crippen molar-refractivity contribution >= 4 is 28.8 Å². The molecule has 0 spiro atoms. The van der Waals surface area contributed by atoms with Gasteiger partial charge in [0.1, 0.15) is 29.1 Å². The Morgan fingerprint density at radius 2 is 1.89 bits per heavy atom. The monoisotopic (exact) mass is 495 g/mol. The molecule has 13 nitrogen and oxygen atoms in total. The third kappa shape index (κ3) is 5.02. The van der Waals surface area contributed by atoms with E-state index in [0.717, 1.165) is 0 Å². The van der Waals surface area contributed by atoms with E-state index in [1.807, 2.05) is 6.07 Å². The van der Waals surface area contributed by atoms with Crippen LogP contribution in [-0.4, -0.2) is 44.0 Å². The van der Waals surface area contributed by atoms with Gasteiger partial charge in [0.2, 0.25) is 0 Å². The molecule has 3 aromatic heterocycles. The normalized spacial score (nSPS) is 10.6. The zero-order valence-electron chi connectivity index (χ0n) is 20.1. The van der Waals surface area contributed by atoms with Gasteiger partial charge in [-0.05, 0) is 30.7 Å². The molecule has 0 saturated carbocycles. The molecule has 4 rings (SSSR count). The molecule has 0 unspecified atom stereocenters. The van der Waals surface area contributed by atoms with Crippen LogP contribution in [0.1, 0.15) is 22.3 Å². The first-order chi connectivity index (χ1) is 18.0. The third-order valence-corrected chi connectivity index (χ3v) is 5.26. The van der Waals surface area contributed by atoms with Crippen LogP contribution in [0.3, 0.4) is 0 Å². The van der Waals surface area contributed by atoms with Crippen molar-refractivity contribution in [3.8, 4) is 23.8 Å². The highest BCUT2D eigenvalue weighted by Gasteiger charge is 2.19. The van der Waals surface area contributed by atoms with Gasteiger partial charge in [0.15, 0.2) is 17.5 Å². The summed E-state index contributed by atoms with van der Waals surface area (Å²) in [5.41, 5.74) is 2.42. The van der Waals surface area contributed by atoms with Crippen molar-refractivity contribution < 1.29 is 9.84 Å². The highest BCUT2D eigenvalue weighted by molar-refractivity contribution is 5.77. The molecule has 0 saturated heterocycles. The SMILES string of the molecule is CNc1nc(Nc2cc(CO)cc(OC)c2)c(C#N)c(C)c1/N=N/c1c(C#N)cnn1-c1ncccn1. The molecular formula is C24H21N11O2. The molecule has 4 aromatic rings. The van der Waals surface area contributed by atoms with E-state index < -0.39 is 0 Å². The number of aliphatic hydroxyl groups excluding tert-OH is 1. The number of benzene rings is 1. The van der Waals surface area contributed by atoms with Gasteiger partial charge in [0.05, 0.1) is 25.5 Å². The van der Waals surface area contributed by atoms with Gasteiger partial charge >= 0.3 is 0 Å². The van der Waals surface area contributed by atoms with Gasteiger partial charge in [-0.25, -0.2) is 15.0 Å². The van der Waals surface area contributed by atoms with Crippen LogP contribution in [-0.2, 0) is 6.61 Å². The molecule has 37 heavy (non-hydrogen) atoms. The fourth-order valence-electron chi connectivity index (χ4n) is 3.46. The fourth-order valence-corrected chi connectivity index (χ4v) is 3.46. The molecule has 0 atom stereocenters. The zero-order valence-corrected chi connectivity index (χ0v) is 20.1. The van der Waals surface area contributed by atoms with Crippen LogP contribution >= 0.6 is 0 Å². The van der Waals surface area contributed by atoms with Crippen molar-refractivity contribution in [1.82, 2.24) is 24.7 Å². The van der Waals surface area contributed by atoms with Crippen molar-refractivity contribution in [2.75, 3.05) is 24.8 Å². The first-order valence-electron chi connectivity index (χ1n) is 10.9. The van der Waals surface area contributed by atoms with E-state index in [4.69, 9.17) is 4.74 Å². The molecular weight excluding hydrogens is 474 g/mol. The van der Waals surface area contributed by atoms with E-state index in [9.17, 15) is 15.6 Å². The number of nitrogens with zero attached hydrogens (tertiary/aromatic N) is 9. The lowest BCUT2D eigenvalue weighted by Crippen LogP contribution is -2.04. The molecule has 0 radical (unpaired) electrons. The number of rotatable bonds is 8. The maximum absolute atomic E-state index is 9.93. The van der Waals surface area contributed by atoms with Crippen molar-refractivity contribution in [3.05, 3.63) is 65.1 Å². The van der Waals surface area contributed by atoms with Crippen LogP contribution in [0.4, 0.5) is 28.8 Å². The number of nitrogens with one attached hydrogen (secondary N) is 2. The van der Waals surface area contributed by atoms with Gasteiger partial charge in [0.25, 0.3) is 5.95 Å². The number of nitriles is 2. The second-order valence-electron chi connectivity index (χ2n) is 7.53. The number of methoxy groups -OCH3 is 1. The predicted octanol–water partition coefficient (Wildman–Crippen LogP) is 3.81. The average Bonchev–Trinajstić information content (AvgIpc) is 3.35. The van der Waals surface area contributed by atoms with Crippen LogP contribution in [0, 0.1) is 29.6 Å². The predicted molar refractivity (Wildman–Crippen MR) is 133 cm³/mol. The van der Waals surface area contributed by atoms with Crippen LogP contribution in [0.5, 0.6) is 5.75 Å². The summed E-state index contributed by atoms with van der Waals surface area (Å²) in [4.78, 5) is 12.8. The van der Waals surface area contributed by atoms with Crippen molar-refractivity contribution in [3.63, 3.8) is 0 Å². The van der Waals surface area contributed by atoms with Gasteiger partial charge in [-0.1, -0.05) is 0 Å². The number of ether oxygens (including phenoxy) is 1. The Kier molecular flexibility index (Phi) is 7.28. The number of hydrogen-bond donors (Lipinski definition) is 3. The van der Waals surface area contributed by atoms with E-state index in [1.165, 1.54) is 18.0 Å². The number of hydrogen-bond acceptors (Lipinski definition) is 12. The minimum Gasteiger partial charge on any atom is -0.497 e. The van der Waals surface area contributed by atoms with E-state index in [1.54, 1.807) is 50.6 Å².